The number of para-hydroxylation sites is 1. The fourth-order valence-corrected chi connectivity index (χ4v) is 2.36. The molecule has 0 atom stereocenters. The summed E-state index contributed by atoms with van der Waals surface area (Å²) in [6.07, 6.45) is 0. The Balaban J connectivity index is 2.16. The van der Waals surface area contributed by atoms with E-state index >= 15 is 0 Å². The first-order chi connectivity index (χ1) is 10.2. The predicted molar refractivity (Wildman–Crippen MR) is 86.9 cm³/mol. The van der Waals surface area contributed by atoms with E-state index in [0.717, 1.165) is 36.4 Å². The minimum absolute atomic E-state index is 0.135. The maximum absolute atomic E-state index is 14.1. The van der Waals surface area contributed by atoms with Gasteiger partial charge in [-0.2, -0.15) is 0 Å². The van der Waals surface area contributed by atoms with Crippen molar-refractivity contribution in [3.8, 4) is 0 Å². The summed E-state index contributed by atoms with van der Waals surface area (Å²) < 4.78 is 14.1. The number of nitrogens with one attached hydrogen (secondary N) is 1. The van der Waals surface area contributed by atoms with Gasteiger partial charge in [0.2, 0.25) is 0 Å². The minimum Gasteiger partial charge on any atom is -0.367 e. The highest BCUT2D eigenvalue weighted by atomic mass is 19.1. The third-order valence-corrected chi connectivity index (χ3v) is 3.55. The molecule has 0 fully saturated rings. The number of hydrogen-bond donors (Lipinski definition) is 1. The van der Waals surface area contributed by atoms with Crippen LogP contribution in [0.25, 0.3) is 0 Å². The van der Waals surface area contributed by atoms with E-state index in [0.29, 0.717) is 6.54 Å². The molecule has 0 aromatic heterocycles. The Morgan fingerprint density at radius 3 is 2.48 bits per heavy atom. The van der Waals surface area contributed by atoms with E-state index in [-0.39, 0.29) is 5.82 Å². The zero-order valence-corrected chi connectivity index (χ0v) is 12.8. The number of anilines is 1. The van der Waals surface area contributed by atoms with E-state index in [9.17, 15) is 4.39 Å². The fraction of sp³-hybridized carbons (Fsp3) is 0.333. The Morgan fingerprint density at radius 1 is 1.05 bits per heavy atom. The van der Waals surface area contributed by atoms with E-state index in [1.165, 1.54) is 0 Å². The Labute approximate surface area is 126 Å². The van der Waals surface area contributed by atoms with E-state index in [1.54, 1.807) is 6.07 Å². The second-order valence-corrected chi connectivity index (χ2v) is 5.06. The summed E-state index contributed by atoms with van der Waals surface area (Å²) in [5, 5.41) is 3.27. The minimum atomic E-state index is -0.135. The van der Waals surface area contributed by atoms with E-state index in [2.05, 4.69) is 36.2 Å². The highest BCUT2D eigenvalue weighted by Gasteiger charge is 2.09. The number of rotatable bonds is 7. The van der Waals surface area contributed by atoms with Crippen molar-refractivity contribution < 1.29 is 4.39 Å². The summed E-state index contributed by atoms with van der Waals surface area (Å²) in [6, 6.07) is 15.5. The Kier molecular flexibility index (Phi) is 5.76. The van der Waals surface area contributed by atoms with Gasteiger partial charge in [-0.3, -0.25) is 0 Å². The lowest BCUT2D eigenvalue weighted by molar-refractivity contribution is 0.603. The normalized spacial score (nSPS) is 10.6. The molecule has 0 unspecified atom stereocenters. The van der Waals surface area contributed by atoms with Gasteiger partial charge >= 0.3 is 0 Å². The summed E-state index contributed by atoms with van der Waals surface area (Å²) in [6.45, 7) is 7.29. The largest absolute Gasteiger partial charge is 0.367 e. The summed E-state index contributed by atoms with van der Waals surface area (Å²) in [5.74, 6) is -0.135. The maximum atomic E-state index is 14.1. The SMILES string of the molecule is CCNCc1ccc(F)c(CN(CC)c2ccccc2)c1. The van der Waals surface area contributed by atoms with Crippen LogP contribution in [0.1, 0.15) is 25.0 Å². The molecule has 0 aliphatic carbocycles. The van der Waals surface area contributed by atoms with Crippen LogP contribution in [0.5, 0.6) is 0 Å². The van der Waals surface area contributed by atoms with Crippen molar-refractivity contribution in [2.24, 2.45) is 0 Å². The van der Waals surface area contributed by atoms with Gasteiger partial charge in [-0.25, -0.2) is 4.39 Å². The monoisotopic (exact) mass is 286 g/mol. The highest BCUT2D eigenvalue weighted by Crippen LogP contribution is 2.19. The molecule has 112 valence electrons. The van der Waals surface area contributed by atoms with Gasteiger partial charge in [-0.15, -0.1) is 0 Å². The summed E-state index contributed by atoms with van der Waals surface area (Å²) in [7, 11) is 0. The van der Waals surface area contributed by atoms with Gasteiger partial charge in [-0.1, -0.05) is 31.2 Å². The molecule has 2 aromatic rings. The van der Waals surface area contributed by atoms with Crippen LogP contribution in [0.3, 0.4) is 0 Å². The van der Waals surface area contributed by atoms with Crippen molar-refractivity contribution in [3.05, 3.63) is 65.5 Å². The van der Waals surface area contributed by atoms with Crippen LogP contribution in [0.2, 0.25) is 0 Å². The standard InChI is InChI=1S/C18H23FN2/c1-3-20-13-15-10-11-18(19)16(12-15)14-21(4-2)17-8-6-5-7-9-17/h5-12,20H,3-4,13-14H2,1-2H3. The molecule has 0 bridgehead atoms. The number of nitrogens with zero attached hydrogens (tertiary/aromatic N) is 1. The van der Waals surface area contributed by atoms with Crippen molar-refractivity contribution in [2.45, 2.75) is 26.9 Å². The van der Waals surface area contributed by atoms with Gasteiger partial charge in [-0.05, 0) is 43.3 Å². The lowest BCUT2D eigenvalue weighted by Gasteiger charge is -2.23. The lowest BCUT2D eigenvalue weighted by Crippen LogP contribution is -2.22. The Morgan fingerprint density at radius 2 is 1.81 bits per heavy atom. The van der Waals surface area contributed by atoms with Gasteiger partial charge in [0.05, 0.1) is 0 Å². The molecule has 0 saturated carbocycles. The van der Waals surface area contributed by atoms with Crippen LogP contribution in [-0.2, 0) is 13.1 Å². The first-order valence-electron chi connectivity index (χ1n) is 7.52. The highest BCUT2D eigenvalue weighted by molar-refractivity contribution is 5.46. The fourth-order valence-electron chi connectivity index (χ4n) is 2.36. The van der Waals surface area contributed by atoms with E-state index in [4.69, 9.17) is 0 Å². The molecule has 0 aliphatic rings. The molecule has 0 radical (unpaired) electrons. The van der Waals surface area contributed by atoms with Gasteiger partial charge < -0.3 is 10.2 Å². The second-order valence-electron chi connectivity index (χ2n) is 5.06. The molecule has 0 heterocycles. The van der Waals surface area contributed by atoms with E-state index < -0.39 is 0 Å². The molecule has 2 nitrogen and oxygen atoms in total. The van der Waals surface area contributed by atoms with Crippen molar-refractivity contribution in [1.29, 1.82) is 0 Å². The van der Waals surface area contributed by atoms with Crippen LogP contribution in [0.15, 0.2) is 48.5 Å². The molecule has 2 aromatic carbocycles. The van der Waals surface area contributed by atoms with Crippen LogP contribution in [0.4, 0.5) is 10.1 Å². The molecule has 0 aliphatic heterocycles. The first kappa shape index (κ1) is 15.5. The molecule has 21 heavy (non-hydrogen) atoms. The topological polar surface area (TPSA) is 15.3 Å². The third kappa shape index (κ3) is 4.30. The van der Waals surface area contributed by atoms with Crippen LogP contribution in [0, 0.1) is 5.82 Å². The van der Waals surface area contributed by atoms with Gasteiger partial charge in [0.1, 0.15) is 5.82 Å². The maximum Gasteiger partial charge on any atom is 0.128 e. The zero-order chi connectivity index (χ0) is 15.1. The van der Waals surface area contributed by atoms with Crippen molar-refractivity contribution in [2.75, 3.05) is 18.0 Å². The Hall–Kier alpha value is -1.87. The Bertz CT molecular complexity index is 554. The van der Waals surface area contributed by atoms with E-state index in [1.807, 2.05) is 30.3 Å². The predicted octanol–water partition coefficient (Wildman–Crippen LogP) is 3.96. The zero-order valence-electron chi connectivity index (χ0n) is 12.8. The first-order valence-corrected chi connectivity index (χ1v) is 7.52. The lowest BCUT2D eigenvalue weighted by atomic mass is 10.1. The van der Waals surface area contributed by atoms with Crippen molar-refractivity contribution >= 4 is 5.69 Å². The molecular weight excluding hydrogens is 263 g/mol. The number of benzene rings is 2. The van der Waals surface area contributed by atoms with Gasteiger partial charge in [0.15, 0.2) is 0 Å². The molecule has 0 amide bonds. The van der Waals surface area contributed by atoms with Crippen molar-refractivity contribution in [1.82, 2.24) is 5.32 Å². The summed E-state index contributed by atoms with van der Waals surface area (Å²) in [4.78, 5) is 2.18. The number of halogens is 1. The smallest absolute Gasteiger partial charge is 0.128 e. The average molecular weight is 286 g/mol. The molecule has 0 saturated heterocycles. The van der Waals surface area contributed by atoms with Crippen molar-refractivity contribution in [3.63, 3.8) is 0 Å². The van der Waals surface area contributed by atoms with Crippen LogP contribution < -0.4 is 10.2 Å². The third-order valence-electron chi connectivity index (χ3n) is 3.55. The second kappa shape index (κ2) is 7.79. The number of hydrogen-bond acceptors (Lipinski definition) is 2. The summed E-state index contributed by atoms with van der Waals surface area (Å²) in [5.41, 5.74) is 2.99. The average Bonchev–Trinajstić information content (AvgIpc) is 2.53. The molecule has 3 heteroatoms. The molecule has 1 N–H and O–H groups in total. The summed E-state index contributed by atoms with van der Waals surface area (Å²) >= 11 is 0. The molecule has 2 rings (SSSR count). The van der Waals surface area contributed by atoms with Gasteiger partial charge in [0, 0.05) is 30.9 Å². The van der Waals surface area contributed by atoms with Gasteiger partial charge in [0.25, 0.3) is 0 Å². The molecular formula is C18H23FN2. The van der Waals surface area contributed by atoms with Crippen LogP contribution in [-0.4, -0.2) is 13.1 Å². The van der Waals surface area contributed by atoms with Crippen LogP contribution >= 0.6 is 0 Å². The molecule has 0 spiro atoms. The quantitative estimate of drug-likeness (QED) is 0.828.